The summed E-state index contributed by atoms with van der Waals surface area (Å²) in [5.74, 6) is 0.613. The lowest BCUT2D eigenvalue weighted by Gasteiger charge is -2.20. The van der Waals surface area contributed by atoms with Crippen LogP contribution in [0.4, 0.5) is 18.9 Å². The van der Waals surface area contributed by atoms with Crippen molar-refractivity contribution < 1.29 is 13.2 Å². The van der Waals surface area contributed by atoms with Gasteiger partial charge < -0.3 is 5.32 Å². The minimum Gasteiger partial charge on any atom is -0.307 e. The summed E-state index contributed by atoms with van der Waals surface area (Å²) in [6.45, 7) is 0.752. The highest BCUT2D eigenvalue weighted by Crippen LogP contribution is 2.35. The van der Waals surface area contributed by atoms with Gasteiger partial charge in [0.1, 0.15) is 0 Å². The Morgan fingerprint density at radius 1 is 1.23 bits per heavy atom. The predicted molar refractivity (Wildman–Crippen MR) is 105 cm³/mol. The molecular formula is C19H19F3N2S2. The summed E-state index contributed by atoms with van der Waals surface area (Å²) in [6, 6.07) is 13.4. The first-order valence-electron chi connectivity index (χ1n) is 8.15. The lowest BCUT2D eigenvalue weighted by atomic mass is 9.94. The molecule has 1 fully saturated rings. The highest BCUT2D eigenvalue weighted by Gasteiger charge is 2.32. The maximum Gasteiger partial charge on any atom is 0.416 e. The molecule has 1 heterocycles. The Labute approximate surface area is 159 Å². The van der Waals surface area contributed by atoms with Crippen molar-refractivity contribution in [2.45, 2.75) is 22.2 Å². The Kier molecular flexibility index (Phi) is 6.32. The van der Waals surface area contributed by atoms with Crippen molar-refractivity contribution in [1.29, 1.82) is 0 Å². The van der Waals surface area contributed by atoms with E-state index in [0.29, 0.717) is 5.56 Å². The number of hydrogen-bond donors (Lipinski definition) is 1. The molecule has 2 aromatic carbocycles. The number of aliphatic imine (C=N–C) groups is 1. The van der Waals surface area contributed by atoms with Crippen LogP contribution >= 0.6 is 23.5 Å². The molecule has 0 aromatic heterocycles. The van der Waals surface area contributed by atoms with E-state index in [1.165, 1.54) is 12.1 Å². The summed E-state index contributed by atoms with van der Waals surface area (Å²) in [5.41, 5.74) is 0.869. The van der Waals surface area contributed by atoms with Crippen molar-refractivity contribution in [1.82, 2.24) is 5.32 Å². The van der Waals surface area contributed by atoms with E-state index in [1.807, 2.05) is 30.5 Å². The summed E-state index contributed by atoms with van der Waals surface area (Å²) < 4.78 is 39.3. The number of nitrogens with zero attached hydrogens (tertiary/aromatic N) is 1. The van der Waals surface area contributed by atoms with Gasteiger partial charge in [-0.15, -0.1) is 23.5 Å². The number of alkyl halides is 3. The van der Waals surface area contributed by atoms with Gasteiger partial charge in [0, 0.05) is 34.7 Å². The van der Waals surface area contributed by atoms with E-state index >= 15 is 0 Å². The van der Waals surface area contributed by atoms with E-state index in [-0.39, 0.29) is 11.2 Å². The Balaban J connectivity index is 1.95. The van der Waals surface area contributed by atoms with Crippen LogP contribution in [0.15, 0.2) is 58.4 Å². The van der Waals surface area contributed by atoms with Gasteiger partial charge in [-0.05, 0) is 30.0 Å². The SMILES string of the molecule is CSc1ccccc1N=CC(c1cccc(C(F)(F)F)c1)C1CNCS1. The Morgan fingerprint density at radius 2 is 2.04 bits per heavy atom. The van der Waals surface area contributed by atoms with Crippen LogP contribution < -0.4 is 5.32 Å². The van der Waals surface area contributed by atoms with Gasteiger partial charge in [0.2, 0.25) is 0 Å². The van der Waals surface area contributed by atoms with E-state index in [4.69, 9.17) is 0 Å². The first-order valence-corrected chi connectivity index (χ1v) is 10.4. The van der Waals surface area contributed by atoms with E-state index in [0.717, 1.165) is 29.1 Å². The van der Waals surface area contributed by atoms with Gasteiger partial charge in [-0.1, -0.05) is 30.3 Å². The van der Waals surface area contributed by atoms with Gasteiger partial charge in [-0.2, -0.15) is 13.2 Å². The van der Waals surface area contributed by atoms with Crippen molar-refractivity contribution in [2.75, 3.05) is 18.7 Å². The molecule has 0 amide bonds. The van der Waals surface area contributed by atoms with Crippen LogP contribution in [0.1, 0.15) is 17.0 Å². The number of halogens is 3. The van der Waals surface area contributed by atoms with Gasteiger partial charge in [-0.25, -0.2) is 0 Å². The summed E-state index contributed by atoms with van der Waals surface area (Å²) in [6.07, 6.45) is -0.561. The summed E-state index contributed by atoms with van der Waals surface area (Å²) >= 11 is 3.32. The number of benzene rings is 2. The van der Waals surface area contributed by atoms with Crippen molar-refractivity contribution in [3.8, 4) is 0 Å². The molecular weight excluding hydrogens is 377 g/mol. The molecule has 1 aliphatic heterocycles. The fourth-order valence-electron chi connectivity index (χ4n) is 2.87. The molecule has 2 atom stereocenters. The molecule has 0 radical (unpaired) electrons. The fourth-order valence-corrected chi connectivity index (χ4v) is 4.54. The standard InChI is InChI=1S/C19H19F3N2S2/c1-25-17-8-3-2-7-16(17)24-10-15(18-11-23-12-26-18)13-5-4-6-14(9-13)19(20,21)22/h2-10,15,18,23H,11-12H2,1H3. The molecule has 138 valence electrons. The van der Waals surface area contributed by atoms with Crippen molar-refractivity contribution >= 4 is 35.4 Å². The lowest BCUT2D eigenvalue weighted by Crippen LogP contribution is -2.22. The molecule has 2 unspecified atom stereocenters. The lowest BCUT2D eigenvalue weighted by molar-refractivity contribution is -0.137. The number of thioether (sulfide) groups is 2. The molecule has 1 N–H and O–H groups in total. The molecule has 7 heteroatoms. The maximum atomic E-state index is 13.1. The zero-order valence-corrected chi connectivity index (χ0v) is 15.8. The molecule has 0 saturated carbocycles. The minimum absolute atomic E-state index is 0.156. The van der Waals surface area contributed by atoms with Crippen molar-refractivity contribution in [3.05, 3.63) is 59.7 Å². The van der Waals surface area contributed by atoms with E-state index in [9.17, 15) is 13.2 Å². The second-order valence-corrected chi connectivity index (χ2v) is 7.98. The summed E-state index contributed by atoms with van der Waals surface area (Å²) in [4.78, 5) is 5.67. The zero-order chi connectivity index (χ0) is 18.6. The second-order valence-electron chi connectivity index (χ2n) is 5.90. The largest absolute Gasteiger partial charge is 0.416 e. The van der Waals surface area contributed by atoms with Crippen LogP contribution in [-0.2, 0) is 6.18 Å². The molecule has 1 aliphatic rings. The van der Waals surface area contributed by atoms with Gasteiger partial charge >= 0.3 is 6.18 Å². The first-order chi connectivity index (χ1) is 12.5. The van der Waals surface area contributed by atoms with Crippen LogP contribution in [0.25, 0.3) is 0 Å². The van der Waals surface area contributed by atoms with Gasteiger partial charge in [0.25, 0.3) is 0 Å². The number of rotatable bonds is 5. The molecule has 1 saturated heterocycles. The third kappa shape index (κ3) is 4.64. The zero-order valence-electron chi connectivity index (χ0n) is 14.2. The fraction of sp³-hybridized carbons (Fsp3) is 0.316. The monoisotopic (exact) mass is 396 g/mol. The quantitative estimate of drug-likeness (QED) is 0.528. The Bertz CT molecular complexity index is 771. The van der Waals surface area contributed by atoms with Crippen LogP contribution in [0.3, 0.4) is 0 Å². The molecule has 2 aromatic rings. The smallest absolute Gasteiger partial charge is 0.307 e. The average molecular weight is 397 g/mol. The van der Waals surface area contributed by atoms with Crippen molar-refractivity contribution in [2.24, 2.45) is 4.99 Å². The highest BCUT2D eigenvalue weighted by atomic mass is 32.2. The third-order valence-corrected chi connectivity index (χ3v) is 6.25. The van der Waals surface area contributed by atoms with E-state index in [1.54, 1.807) is 35.8 Å². The van der Waals surface area contributed by atoms with Gasteiger partial charge in [0.05, 0.1) is 11.3 Å². The molecule has 0 aliphatic carbocycles. The summed E-state index contributed by atoms with van der Waals surface area (Å²) in [5, 5.41) is 3.42. The number of para-hydroxylation sites is 1. The molecule has 2 nitrogen and oxygen atoms in total. The second kappa shape index (κ2) is 8.50. The maximum absolute atomic E-state index is 13.1. The highest BCUT2D eigenvalue weighted by molar-refractivity contribution is 8.00. The third-order valence-electron chi connectivity index (χ3n) is 4.20. The first kappa shape index (κ1) is 19.3. The molecule has 0 spiro atoms. The van der Waals surface area contributed by atoms with Crippen LogP contribution in [-0.4, -0.2) is 30.1 Å². The van der Waals surface area contributed by atoms with Crippen molar-refractivity contribution in [3.63, 3.8) is 0 Å². The topological polar surface area (TPSA) is 24.4 Å². The van der Waals surface area contributed by atoms with E-state index in [2.05, 4.69) is 10.3 Å². The average Bonchev–Trinajstić information content (AvgIpc) is 3.16. The van der Waals surface area contributed by atoms with Crippen LogP contribution in [0.5, 0.6) is 0 Å². The van der Waals surface area contributed by atoms with Crippen LogP contribution in [0.2, 0.25) is 0 Å². The number of nitrogens with one attached hydrogen (secondary N) is 1. The molecule has 3 rings (SSSR count). The minimum atomic E-state index is -4.34. The van der Waals surface area contributed by atoms with Gasteiger partial charge in [0.15, 0.2) is 0 Å². The summed E-state index contributed by atoms with van der Waals surface area (Å²) in [7, 11) is 0. The molecule has 26 heavy (non-hydrogen) atoms. The van der Waals surface area contributed by atoms with Crippen LogP contribution in [0, 0.1) is 0 Å². The Hall–Kier alpha value is -1.44. The van der Waals surface area contributed by atoms with Gasteiger partial charge in [-0.3, -0.25) is 4.99 Å². The number of hydrogen-bond acceptors (Lipinski definition) is 4. The predicted octanol–water partition coefficient (Wildman–Crippen LogP) is 5.58. The Morgan fingerprint density at radius 3 is 2.73 bits per heavy atom. The molecule has 0 bridgehead atoms. The van der Waals surface area contributed by atoms with E-state index < -0.39 is 11.7 Å². The normalized spacial score (nSPS) is 19.2.